The van der Waals surface area contributed by atoms with E-state index in [-0.39, 0.29) is 25.0 Å². The number of para-hydroxylation sites is 1. The highest BCUT2D eigenvalue weighted by atomic mass is 35.5. The average Bonchev–Trinajstić information content (AvgIpc) is 3.39. The Kier molecular flexibility index (Phi) is 6.46. The maximum atomic E-state index is 13.8. The van der Waals surface area contributed by atoms with E-state index in [0.29, 0.717) is 23.6 Å². The summed E-state index contributed by atoms with van der Waals surface area (Å²) >= 11 is 6.35. The summed E-state index contributed by atoms with van der Waals surface area (Å²) in [5.41, 5.74) is 0.0983. The second kappa shape index (κ2) is 8.89. The van der Waals surface area contributed by atoms with Crippen LogP contribution in [-0.2, 0) is 23.9 Å². The van der Waals surface area contributed by atoms with Gasteiger partial charge >= 0.3 is 5.97 Å². The van der Waals surface area contributed by atoms with Gasteiger partial charge in [-0.15, -0.1) is 0 Å². The number of carbonyl (C=O) groups excluding carboxylic acids is 3. The largest absolute Gasteiger partial charge is 0.466 e. The molecule has 180 valence electrons. The number of hydrogen-bond donors (Lipinski definition) is 2. The normalized spacial score (nSPS) is 31.1. The molecule has 3 saturated heterocycles. The van der Waals surface area contributed by atoms with Crippen LogP contribution in [0.15, 0.2) is 18.2 Å². The predicted molar refractivity (Wildman–Crippen MR) is 122 cm³/mol. The second-order valence-corrected chi connectivity index (χ2v) is 9.88. The van der Waals surface area contributed by atoms with Crippen molar-refractivity contribution in [3.05, 3.63) is 28.8 Å². The lowest BCUT2D eigenvalue weighted by molar-refractivity contribution is -0.155. The van der Waals surface area contributed by atoms with Crippen molar-refractivity contribution >= 4 is 35.1 Å². The van der Waals surface area contributed by atoms with Crippen LogP contribution in [0, 0.1) is 24.7 Å². The van der Waals surface area contributed by atoms with Gasteiger partial charge in [0, 0.05) is 0 Å². The van der Waals surface area contributed by atoms with Gasteiger partial charge in [-0.3, -0.25) is 14.4 Å². The van der Waals surface area contributed by atoms with Gasteiger partial charge in [0.05, 0.1) is 47.9 Å². The number of benzene rings is 1. The maximum Gasteiger partial charge on any atom is 0.312 e. The van der Waals surface area contributed by atoms with Crippen LogP contribution in [0.2, 0.25) is 5.02 Å². The third-order valence-electron chi connectivity index (χ3n) is 7.33. The van der Waals surface area contributed by atoms with Crippen LogP contribution in [0.5, 0.6) is 0 Å². The van der Waals surface area contributed by atoms with E-state index in [1.807, 2.05) is 26.8 Å². The summed E-state index contributed by atoms with van der Waals surface area (Å²) in [4.78, 5) is 41.9. The van der Waals surface area contributed by atoms with E-state index >= 15 is 0 Å². The third-order valence-corrected chi connectivity index (χ3v) is 7.64. The average molecular weight is 479 g/mol. The molecule has 4 rings (SSSR count). The van der Waals surface area contributed by atoms with Gasteiger partial charge in [-0.25, -0.2) is 0 Å². The lowest BCUT2D eigenvalue weighted by Crippen LogP contribution is -2.57. The Morgan fingerprint density at radius 1 is 1.39 bits per heavy atom. The van der Waals surface area contributed by atoms with Crippen molar-refractivity contribution in [3.63, 3.8) is 0 Å². The fourth-order valence-corrected chi connectivity index (χ4v) is 6.13. The van der Waals surface area contributed by atoms with E-state index in [1.165, 1.54) is 4.90 Å². The number of likely N-dealkylation sites (tertiary alicyclic amines) is 1. The molecule has 0 unspecified atom stereocenters. The molecule has 0 aliphatic carbocycles. The van der Waals surface area contributed by atoms with Gasteiger partial charge in [0.1, 0.15) is 11.6 Å². The summed E-state index contributed by atoms with van der Waals surface area (Å²) in [7, 11) is 0. The molecule has 1 aromatic carbocycles. The van der Waals surface area contributed by atoms with Gasteiger partial charge in [-0.1, -0.05) is 37.6 Å². The Morgan fingerprint density at radius 3 is 2.73 bits per heavy atom. The molecule has 0 aromatic heterocycles. The standard InChI is InChI=1S/C24H31ClN2O6/c1-5-32-23(31)17-16-9-10-24(33-16)18(17)22(30)27(15(11-28)12(2)3)20(24)21(29)26-19-13(4)7-6-8-14(19)25/h6-8,12,15-18,20,28H,5,9-11H2,1-4H3,(H,26,29)/t15-,16+,17-,18-,20+,24-/m0/s1. The van der Waals surface area contributed by atoms with Crippen LogP contribution < -0.4 is 5.32 Å². The van der Waals surface area contributed by atoms with Crippen molar-refractivity contribution in [1.82, 2.24) is 4.90 Å². The number of aryl methyl sites for hydroxylation is 1. The van der Waals surface area contributed by atoms with E-state index in [2.05, 4.69) is 5.32 Å². The summed E-state index contributed by atoms with van der Waals surface area (Å²) in [6.07, 6.45) is 0.557. The minimum Gasteiger partial charge on any atom is -0.466 e. The number of carbonyl (C=O) groups is 3. The first-order chi connectivity index (χ1) is 15.7. The second-order valence-electron chi connectivity index (χ2n) is 9.47. The monoisotopic (exact) mass is 478 g/mol. The number of ether oxygens (including phenoxy) is 2. The van der Waals surface area contributed by atoms with E-state index in [1.54, 1.807) is 19.1 Å². The number of halogens is 1. The fraction of sp³-hybridized carbons (Fsp3) is 0.625. The Morgan fingerprint density at radius 2 is 2.12 bits per heavy atom. The molecule has 0 saturated carbocycles. The van der Waals surface area contributed by atoms with Crippen molar-refractivity contribution in [2.24, 2.45) is 17.8 Å². The zero-order valence-electron chi connectivity index (χ0n) is 19.3. The number of aliphatic hydroxyl groups excluding tert-OH is 1. The fourth-order valence-electron chi connectivity index (χ4n) is 5.86. The Labute approximate surface area is 198 Å². The number of esters is 1. The first kappa shape index (κ1) is 24.0. The Balaban J connectivity index is 1.78. The molecule has 3 aliphatic heterocycles. The van der Waals surface area contributed by atoms with Crippen molar-refractivity contribution in [2.45, 2.75) is 64.3 Å². The van der Waals surface area contributed by atoms with Crippen LogP contribution >= 0.6 is 11.6 Å². The molecular formula is C24H31ClN2O6. The highest BCUT2D eigenvalue weighted by Gasteiger charge is 2.75. The molecule has 2 N–H and O–H groups in total. The summed E-state index contributed by atoms with van der Waals surface area (Å²) < 4.78 is 11.6. The van der Waals surface area contributed by atoms with Crippen molar-refractivity contribution < 1.29 is 29.0 Å². The minimum absolute atomic E-state index is 0.121. The number of rotatable bonds is 7. The molecule has 8 nitrogen and oxygen atoms in total. The Hall–Kier alpha value is -2.16. The molecule has 1 aromatic rings. The predicted octanol–water partition coefficient (Wildman–Crippen LogP) is 2.54. The number of fused-ring (bicyclic) bond motifs is 1. The summed E-state index contributed by atoms with van der Waals surface area (Å²) in [6, 6.07) is 3.70. The highest BCUT2D eigenvalue weighted by molar-refractivity contribution is 6.34. The number of nitrogens with one attached hydrogen (secondary N) is 1. The summed E-state index contributed by atoms with van der Waals surface area (Å²) in [5, 5.41) is 13.5. The summed E-state index contributed by atoms with van der Waals surface area (Å²) in [5.74, 6) is -2.98. The molecule has 1 spiro atoms. The van der Waals surface area contributed by atoms with E-state index < -0.39 is 47.5 Å². The van der Waals surface area contributed by atoms with E-state index in [9.17, 15) is 19.5 Å². The van der Waals surface area contributed by atoms with Gasteiger partial charge < -0.3 is 24.8 Å². The van der Waals surface area contributed by atoms with Gasteiger partial charge in [0.25, 0.3) is 0 Å². The number of aliphatic hydroxyl groups is 1. The van der Waals surface area contributed by atoms with Crippen molar-refractivity contribution in [2.75, 3.05) is 18.5 Å². The van der Waals surface area contributed by atoms with Crippen molar-refractivity contribution in [1.29, 1.82) is 0 Å². The van der Waals surface area contributed by atoms with Crippen LogP contribution in [0.1, 0.15) is 39.2 Å². The molecule has 9 heteroatoms. The smallest absolute Gasteiger partial charge is 0.312 e. The molecule has 2 amide bonds. The first-order valence-electron chi connectivity index (χ1n) is 11.5. The zero-order chi connectivity index (χ0) is 24.1. The van der Waals surface area contributed by atoms with E-state index in [4.69, 9.17) is 21.1 Å². The molecule has 3 heterocycles. The zero-order valence-corrected chi connectivity index (χ0v) is 20.1. The third kappa shape index (κ3) is 3.63. The minimum atomic E-state index is -1.15. The molecule has 0 radical (unpaired) electrons. The quantitative estimate of drug-likeness (QED) is 0.583. The molecule has 6 atom stereocenters. The van der Waals surface area contributed by atoms with Gasteiger partial charge in [-0.2, -0.15) is 0 Å². The maximum absolute atomic E-state index is 13.8. The topological polar surface area (TPSA) is 105 Å². The lowest BCUT2D eigenvalue weighted by Gasteiger charge is -2.38. The number of hydrogen-bond acceptors (Lipinski definition) is 6. The van der Waals surface area contributed by atoms with Crippen LogP contribution in [-0.4, -0.2) is 64.8 Å². The van der Waals surface area contributed by atoms with Crippen LogP contribution in [0.4, 0.5) is 5.69 Å². The Bertz CT molecular complexity index is 948. The molecular weight excluding hydrogens is 448 g/mol. The SMILES string of the molecule is CCOC(=O)[C@@H]1[C@H]2C(=O)N([C@@H](CO)C(C)C)[C@H](C(=O)Nc3c(C)cccc3Cl)[C@]23CC[C@H]1O3. The summed E-state index contributed by atoms with van der Waals surface area (Å²) in [6.45, 7) is 7.20. The first-order valence-corrected chi connectivity index (χ1v) is 11.9. The number of anilines is 1. The van der Waals surface area contributed by atoms with Gasteiger partial charge in [-0.05, 0) is 44.2 Å². The lowest BCUT2D eigenvalue weighted by atomic mass is 9.70. The number of amides is 2. The van der Waals surface area contributed by atoms with Crippen LogP contribution in [0.25, 0.3) is 0 Å². The molecule has 2 bridgehead atoms. The number of nitrogens with zero attached hydrogens (tertiary/aromatic N) is 1. The molecule has 33 heavy (non-hydrogen) atoms. The van der Waals surface area contributed by atoms with Crippen molar-refractivity contribution in [3.8, 4) is 0 Å². The highest BCUT2D eigenvalue weighted by Crippen LogP contribution is 2.59. The molecule has 3 aliphatic rings. The molecule has 3 fully saturated rings. The van der Waals surface area contributed by atoms with Gasteiger partial charge in [0.2, 0.25) is 11.8 Å². The van der Waals surface area contributed by atoms with Gasteiger partial charge in [0.15, 0.2) is 0 Å². The van der Waals surface area contributed by atoms with E-state index in [0.717, 1.165) is 5.56 Å². The van der Waals surface area contributed by atoms with Crippen LogP contribution in [0.3, 0.4) is 0 Å².